The minimum Gasteiger partial charge on any atom is -0.348 e. The van der Waals surface area contributed by atoms with Crippen LogP contribution in [0.25, 0.3) is 0 Å². The van der Waals surface area contributed by atoms with Gasteiger partial charge in [0.2, 0.25) is 5.91 Å². The molecular weight excluding hydrogens is 281 g/mol. The standard InChI is InChI=1S/C15H21F3N2O/c1-4-9(2)13(19)14(21)20-10(3)11-5-7-12(8-6-11)15(16,17)18/h5-10,13H,4,19H2,1-3H3,(H,20,21). The van der Waals surface area contributed by atoms with Crippen LogP contribution in [0.2, 0.25) is 0 Å². The molecule has 3 unspecified atom stereocenters. The Bertz CT molecular complexity index is 471. The molecule has 0 aliphatic heterocycles. The van der Waals surface area contributed by atoms with Gasteiger partial charge in [0.05, 0.1) is 17.6 Å². The van der Waals surface area contributed by atoms with E-state index in [0.29, 0.717) is 5.56 Å². The van der Waals surface area contributed by atoms with Crippen molar-refractivity contribution in [2.24, 2.45) is 11.7 Å². The van der Waals surface area contributed by atoms with Gasteiger partial charge in [0.15, 0.2) is 0 Å². The number of benzene rings is 1. The summed E-state index contributed by atoms with van der Waals surface area (Å²) in [6, 6.07) is 3.73. The summed E-state index contributed by atoms with van der Waals surface area (Å²) in [6.45, 7) is 5.54. The third-order valence-electron chi connectivity index (χ3n) is 3.66. The molecule has 0 radical (unpaired) electrons. The second-order valence-electron chi connectivity index (χ2n) is 5.26. The lowest BCUT2D eigenvalue weighted by molar-refractivity contribution is -0.137. The molecule has 0 saturated heterocycles. The molecule has 0 aliphatic carbocycles. The monoisotopic (exact) mass is 302 g/mol. The van der Waals surface area contributed by atoms with E-state index in [-0.39, 0.29) is 11.8 Å². The van der Waals surface area contributed by atoms with E-state index >= 15 is 0 Å². The van der Waals surface area contributed by atoms with E-state index in [9.17, 15) is 18.0 Å². The van der Waals surface area contributed by atoms with Crippen molar-refractivity contribution in [3.8, 4) is 0 Å². The van der Waals surface area contributed by atoms with Crippen LogP contribution in [0, 0.1) is 5.92 Å². The number of amides is 1. The van der Waals surface area contributed by atoms with Crippen molar-refractivity contribution in [2.75, 3.05) is 0 Å². The number of hydrogen-bond acceptors (Lipinski definition) is 2. The Hall–Kier alpha value is -1.56. The Balaban J connectivity index is 2.72. The Labute approximate surface area is 122 Å². The van der Waals surface area contributed by atoms with E-state index in [2.05, 4.69) is 5.32 Å². The quantitative estimate of drug-likeness (QED) is 0.877. The van der Waals surface area contributed by atoms with Gasteiger partial charge in [0.1, 0.15) is 0 Å². The van der Waals surface area contributed by atoms with Gasteiger partial charge in [-0.05, 0) is 30.5 Å². The molecule has 6 heteroatoms. The largest absolute Gasteiger partial charge is 0.416 e. The first-order chi connectivity index (χ1) is 9.66. The smallest absolute Gasteiger partial charge is 0.348 e. The van der Waals surface area contributed by atoms with Crippen LogP contribution in [0.3, 0.4) is 0 Å². The van der Waals surface area contributed by atoms with Crippen LogP contribution in [-0.2, 0) is 11.0 Å². The Kier molecular flexibility index (Phi) is 5.78. The van der Waals surface area contributed by atoms with Crippen molar-refractivity contribution < 1.29 is 18.0 Å². The zero-order chi connectivity index (χ0) is 16.2. The Morgan fingerprint density at radius 1 is 1.24 bits per heavy atom. The zero-order valence-electron chi connectivity index (χ0n) is 12.4. The zero-order valence-corrected chi connectivity index (χ0v) is 12.4. The maximum absolute atomic E-state index is 12.5. The fraction of sp³-hybridized carbons (Fsp3) is 0.533. The fourth-order valence-corrected chi connectivity index (χ4v) is 1.87. The molecule has 0 spiro atoms. The van der Waals surface area contributed by atoms with Crippen LogP contribution in [0.4, 0.5) is 13.2 Å². The van der Waals surface area contributed by atoms with Gasteiger partial charge in [0.25, 0.3) is 0 Å². The van der Waals surface area contributed by atoms with Gasteiger partial charge in [-0.2, -0.15) is 13.2 Å². The molecule has 0 aliphatic rings. The number of carbonyl (C=O) groups is 1. The first-order valence-electron chi connectivity index (χ1n) is 6.90. The average molecular weight is 302 g/mol. The highest BCUT2D eigenvalue weighted by molar-refractivity contribution is 5.82. The maximum Gasteiger partial charge on any atom is 0.416 e. The van der Waals surface area contributed by atoms with Gasteiger partial charge < -0.3 is 11.1 Å². The molecule has 3 nitrogen and oxygen atoms in total. The minimum absolute atomic E-state index is 0.0461. The Morgan fingerprint density at radius 3 is 2.19 bits per heavy atom. The number of hydrogen-bond donors (Lipinski definition) is 2. The highest BCUT2D eigenvalue weighted by Gasteiger charge is 2.30. The van der Waals surface area contributed by atoms with Crippen molar-refractivity contribution in [1.29, 1.82) is 0 Å². The van der Waals surface area contributed by atoms with Crippen molar-refractivity contribution in [2.45, 2.75) is 45.5 Å². The third-order valence-corrected chi connectivity index (χ3v) is 3.66. The van der Waals surface area contributed by atoms with Gasteiger partial charge in [0, 0.05) is 0 Å². The molecule has 0 bridgehead atoms. The summed E-state index contributed by atoms with van der Waals surface area (Å²) in [6.07, 6.45) is -3.58. The van der Waals surface area contributed by atoms with Crippen LogP contribution in [0.1, 0.15) is 44.4 Å². The highest BCUT2D eigenvalue weighted by atomic mass is 19.4. The molecule has 1 amide bonds. The SMILES string of the molecule is CCC(C)C(N)C(=O)NC(C)c1ccc(C(F)(F)F)cc1. The normalized spacial score (nSPS) is 16.1. The van der Waals surface area contributed by atoms with Crippen molar-refractivity contribution in [3.05, 3.63) is 35.4 Å². The average Bonchev–Trinajstić information content (AvgIpc) is 2.44. The molecule has 0 aromatic heterocycles. The van der Waals surface area contributed by atoms with Crippen molar-refractivity contribution in [1.82, 2.24) is 5.32 Å². The lowest BCUT2D eigenvalue weighted by Crippen LogP contribution is -2.45. The van der Waals surface area contributed by atoms with Crippen LogP contribution in [0.5, 0.6) is 0 Å². The van der Waals surface area contributed by atoms with E-state index in [1.807, 2.05) is 13.8 Å². The Morgan fingerprint density at radius 2 is 1.76 bits per heavy atom. The molecule has 1 rings (SSSR count). The van der Waals surface area contributed by atoms with Gasteiger partial charge in [-0.25, -0.2) is 0 Å². The number of carbonyl (C=O) groups excluding carboxylic acids is 1. The first kappa shape index (κ1) is 17.5. The van der Waals surface area contributed by atoms with E-state index in [4.69, 9.17) is 5.73 Å². The number of nitrogens with one attached hydrogen (secondary N) is 1. The number of alkyl halides is 3. The predicted molar refractivity (Wildman–Crippen MR) is 75.4 cm³/mol. The van der Waals surface area contributed by atoms with Crippen LogP contribution >= 0.6 is 0 Å². The molecular formula is C15H21F3N2O. The molecule has 1 aromatic carbocycles. The van der Waals surface area contributed by atoms with Crippen LogP contribution < -0.4 is 11.1 Å². The van der Waals surface area contributed by atoms with Crippen LogP contribution in [-0.4, -0.2) is 11.9 Å². The fourth-order valence-electron chi connectivity index (χ4n) is 1.87. The molecule has 0 saturated carbocycles. The van der Waals surface area contributed by atoms with E-state index in [0.717, 1.165) is 18.6 Å². The summed E-state index contributed by atoms with van der Waals surface area (Å²) < 4.78 is 37.4. The lowest BCUT2D eigenvalue weighted by Gasteiger charge is -2.21. The predicted octanol–water partition coefficient (Wildman–Crippen LogP) is 3.26. The molecule has 21 heavy (non-hydrogen) atoms. The van der Waals surface area contributed by atoms with Crippen molar-refractivity contribution >= 4 is 5.91 Å². The number of rotatable bonds is 5. The highest BCUT2D eigenvalue weighted by Crippen LogP contribution is 2.29. The minimum atomic E-state index is -4.36. The summed E-state index contributed by atoms with van der Waals surface area (Å²) >= 11 is 0. The van der Waals surface area contributed by atoms with Gasteiger partial charge in [-0.1, -0.05) is 32.4 Å². The van der Waals surface area contributed by atoms with E-state index in [1.54, 1.807) is 6.92 Å². The maximum atomic E-state index is 12.5. The van der Waals surface area contributed by atoms with Crippen LogP contribution in [0.15, 0.2) is 24.3 Å². The second kappa shape index (κ2) is 6.93. The summed E-state index contributed by atoms with van der Waals surface area (Å²) in [5, 5.41) is 2.72. The summed E-state index contributed by atoms with van der Waals surface area (Å²) in [5.74, 6) is -0.249. The van der Waals surface area contributed by atoms with E-state index < -0.39 is 23.8 Å². The molecule has 3 atom stereocenters. The first-order valence-corrected chi connectivity index (χ1v) is 6.90. The van der Waals surface area contributed by atoms with Gasteiger partial charge in [-0.15, -0.1) is 0 Å². The molecule has 0 heterocycles. The lowest BCUT2D eigenvalue weighted by atomic mass is 9.98. The number of halogens is 3. The summed E-state index contributed by atoms with van der Waals surface area (Å²) in [4.78, 5) is 11.9. The molecule has 1 aromatic rings. The molecule has 0 fully saturated rings. The topological polar surface area (TPSA) is 55.1 Å². The summed E-state index contributed by atoms with van der Waals surface area (Å²) in [5.41, 5.74) is 5.72. The van der Waals surface area contributed by atoms with E-state index in [1.165, 1.54) is 12.1 Å². The van der Waals surface area contributed by atoms with Gasteiger partial charge >= 0.3 is 6.18 Å². The molecule has 118 valence electrons. The molecule has 3 N–H and O–H groups in total. The number of nitrogens with two attached hydrogens (primary N) is 1. The second-order valence-corrected chi connectivity index (χ2v) is 5.26. The van der Waals surface area contributed by atoms with Crippen molar-refractivity contribution in [3.63, 3.8) is 0 Å². The third kappa shape index (κ3) is 4.74. The van der Waals surface area contributed by atoms with Gasteiger partial charge in [-0.3, -0.25) is 4.79 Å². The summed E-state index contributed by atoms with van der Waals surface area (Å²) in [7, 11) is 0.